The van der Waals surface area contributed by atoms with Crippen LogP contribution in [0.4, 0.5) is 16.2 Å². The second-order valence-electron chi connectivity index (χ2n) is 7.26. The van der Waals surface area contributed by atoms with Gasteiger partial charge in [-0.15, -0.1) is 0 Å². The monoisotopic (exact) mass is 537 g/mol. The molecule has 0 fully saturated rings. The maximum atomic E-state index is 12.6. The average Bonchev–Trinajstić information content (AvgIpc) is 2.80. The molecule has 0 saturated carbocycles. The van der Waals surface area contributed by atoms with Gasteiger partial charge in [0.05, 0.1) is 16.3 Å². The largest absolute Gasteiger partial charge is 0.457 e. The van der Waals surface area contributed by atoms with Crippen molar-refractivity contribution < 1.29 is 17.9 Å². The average molecular weight is 538 g/mol. The van der Waals surface area contributed by atoms with Gasteiger partial charge >= 0.3 is 6.03 Å². The Bertz CT molecular complexity index is 1460. The van der Waals surface area contributed by atoms with Crippen molar-refractivity contribution in [3.8, 4) is 22.6 Å². The lowest BCUT2D eigenvalue weighted by atomic mass is 10.0. The molecule has 172 valence electrons. The van der Waals surface area contributed by atoms with Crippen LogP contribution < -0.4 is 20.5 Å². The Morgan fingerprint density at radius 2 is 1.38 bits per heavy atom. The van der Waals surface area contributed by atoms with Crippen molar-refractivity contribution in [3.05, 3.63) is 102 Å². The van der Waals surface area contributed by atoms with Crippen LogP contribution in [-0.4, -0.2) is 14.4 Å². The molecule has 0 atom stereocenters. The van der Waals surface area contributed by atoms with Gasteiger partial charge in [-0.05, 0) is 64.5 Å². The van der Waals surface area contributed by atoms with E-state index in [1.807, 2.05) is 24.3 Å². The number of nitrogens with two attached hydrogens (primary N) is 2. The summed E-state index contributed by atoms with van der Waals surface area (Å²) < 4.78 is 31.5. The van der Waals surface area contributed by atoms with E-state index in [9.17, 15) is 13.2 Å². The van der Waals surface area contributed by atoms with E-state index in [0.29, 0.717) is 32.9 Å². The highest BCUT2D eigenvalue weighted by Crippen LogP contribution is 2.41. The lowest BCUT2D eigenvalue weighted by Gasteiger charge is -2.25. The number of rotatable bonds is 6. The molecule has 0 spiro atoms. The molecular formula is C25H20BrN3O4S. The van der Waals surface area contributed by atoms with Gasteiger partial charge in [0, 0.05) is 15.6 Å². The predicted octanol–water partition coefficient (Wildman–Crippen LogP) is 5.77. The second-order valence-corrected chi connectivity index (χ2v) is 9.64. The molecule has 0 aliphatic heterocycles. The minimum absolute atomic E-state index is 0.114. The number of carbonyl (C=O) groups excluding carboxylic acids is 1. The number of hydrogen-bond donors (Lipinski definition) is 2. The van der Waals surface area contributed by atoms with E-state index in [0.717, 1.165) is 0 Å². The third kappa shape index (κ3) is 4.96. The Morgan fingerprint density at radius 3 is 2.03 bits per heavy atom. The van der Waals surface area contributed by atoms with Crippen molar-refractivity contribution in [2.24, 2.45) is 10.9 Å². The van der Waals surface area contributed by atoms with E-state index in [1.165, 1.54) is 17.0 Å². The molecule has 0 aliphatic rings. The molecule has 2 amide bonds. The molecule has 0 radical (unpaired) electrons. The minimum Gasteiger partial charge on any atom is -0.457 e. The van der Waals surface area contributed by atoms with Crippen molar-refractivity contribution in [1.82, 2.24) is 0 Å². The Balaban J connectivity index is 1.93. The van der Waals surface area contributed by atoms with E-state index in [2.05, 4.69) is 15.9 Å². The molecule has 0 aromatic heterocycles. The quantitative estimate of drug-likeness (QED) is 0.324. The van der Waals surface area contributed by atoms with Crippen molar-refractivity contribution >= 4 is 43.4 Å². The number of benzene rings is 4. The number of sulfonamides is 1. The van der Waals surface area contributed by atoms with Gasteiger partial charge in [-0.25, -0.2) is 18.4 Å². The SMILES string of the molecule is NC(=O)N(c1ccccc1Br)c1ccccc1-c1cc(Oc2ccccc2)ccc1S(N)(=O)=O. The van der Waals surface area contributed by atoms with E-state index in [-0.39, 0.29) is 10.5 Å². The standard InChI is InChI=1S/C25H20BrN3O4S/c26-21-11-5-7-13-23(21)29(25(27)30)22-12-6-4-10-19(22)20-16-18(14-15-24(20)34(28,31)32)33-17-8-2-1-3-9-17/h1-16H,(H2,27,30)(H2,28,31,32). The van der Waals surface area contributed by atoms with Gasteiger partial charge in [0.25, 0.3) is 0 Å². The highest BCUT2D eigenvalue weighted by molar-refractivity contribution is 9.10. The number of primary sulfonamides is 1. The van der Waals surface area contributed by atoms with Crippen molar-refractivity contribution in [1.29, 1.82) is 0 Å². The number of halogens is 1. The number of anilines is 2. The fourth-order valence-electron chi connectivity index (χ4n) is 3.55. The van der Waals surface area contributed by atoms with Gasteiger partial charge < -0.3 is 10.5 Å². The van der Waals surface area contributed by atoms with Crippen LogP contribution in [0.3, 0.4) is 0 Å². The summed E-state index contributed by atoms with van der Waals surface area (Å²) >= 11 is 3.45. The molecule has 0 bridgehead atoms. The first-order chi connectivity index (χ1) is 16.3. The molecule has 7 nitrogen and oxygen atoms in total. The number of urea groups is 1. The van der Waals surface area contributed by atoms with Gasteiger partial charge in [-0.2, -0.15) is 0 Å². The first-order valence-electron chi connectivity index (χ1n) is 10.1. The number of nitrogens with zero attached hydrogens (tertiary/aromatic N) is 1. The van der Waals surface area contributed by atoms with E-state index < -0.39 is 16.1 Å². The first-order valence-corrected chi connectivity index (χ1v) is 12.4. The van der Waals surface area contributed by atoms with Crippen molar-refractivity contribution in [2.45, 2.75) is 4.90 Å². The van der Waals surface area contributed by atoms with Gasteiger partial charge in [0.1, 0.15) is 11.5 Å². The van der Waals surface area contributed by atoms with Crippen LogP contribution in [0.25, 0.3) is 11.1 Å². The number of para-hydroxylation sites is 3. The second kappa shape index (κ2) is 9.68. The maximum Gasteiger partial charge on any atom is 0.323 e. The van der Waals surface area contributed by atoms with E-state index in [4.69, 9.17) is 15.6 Å². The van der Waals surface area contributed by atoms with E-state index in [1.54, 1.807) is 60.7 Å². The Kier molecular flexibility index (Phi) is 6.69. The summed E-state index contributed by atoms with van der Waals surface area (Å²) in [7, 11) is -4.11. The highest BCUT2D eigenvalue weighted by atomic mass is 79.9. The number of hydrogen-bond acceptors (Lipinski definition) is 4. The van der Waals surface area contributed by atoms with Crippen LogP contribution in [0.1, 0.15) is 0 Å². The van der Waals surface area contributed by atoms with Crippen molar-refractivity contribution in [3.63, 3.8) is 0 Å². The summed E-state index contributed by atoms with van der Waals surface area (Å²) in [5.41, 5.74) is 7.34. The van der Waals surface area contributed by atoms with E-state index >= 15 is 0 Å². The van der Waals surface area contributed by atoms with Crippen LogP contribution >= 0.6 is 15.9 Å². The molecule has 4 aromatic rings. The Hall–Kier alpha value is -3.66. The summed E-state index contributed by atoms with van der Waals surface area (Å²) in [5.74, 6) is 0.979. The molecule has 0 aliphatic carbocycles. The summed E-state index contributed by atoms with van der Waals surface area (Å²) in [6.45, 7) is 0. The molecule has 0 heterocycles. The first kappa shape index (κ1) is 23.5. The smallest absolute Gasteiger partial charge is 0.323 e. The van der Waals surface area contributed by atoms with Crippen LogP contribution in [0.2, 0.25) is 0 Å². The number of ether oxygens (including phenoxy) is 1. The summed E-state index contributed by atoms with van der Waals surface area (Å²) in [6, 6.07) is 26.7. The van der Waals surface area contributed by atoms with Crippen molar-refractivity contribution in [2.75, 3.05) is 4.90 Å². The lowest BCUT2D eigenvalue weighted by Crippen LogP contribution is -2.32. The topological polar surface area (TPSA) is 116 Å². The fraction of sp³-hybridized carbons (Fsp3) is 0. The third-order valence-electron chi connectivity index (χ3n) is 4.99. The maximum absolute atomic E-state index is 12.6. The van der Waals surface area contributed by atoms with Crippen LogP contribution in [0.15, 0.2) is 106 Å². The molecule has 34 heavy (non-hydrogen) atoms. The van der Waals surface area contributed by atoms with Crippen LogP contribution in [0, 0.1) is 0 Å². The number of carbonyl (C=O) groups is 1. The lowest BCUT2D eigenvalue weighted by molar-refractivity contribution is 0.256. The molecule has 0 saturated heterocycles. The highest BCUT2D eigenvalue weighted by Gasteiger charge is 2.24. The number of amides is 2. The van der Waals surface area contributed by atoms with Gasteiger partial charge in [0.2, 0.25) is 10.0 Å². The van der Waals surface area contributed by atoms with Crippen LogP contribution in [-0.2, 0) is 10.0 Å². The normalized spacial score (nSPS) is 11.1. The molecule has 4 rings (SSSR count). The number of primary amides is 1. The Morgan fingerprint density at radius 1 is 0.765 bits per heavy atom. The molecule has 9 heteroatoms. The molecule has 0 unspecified atom stereocenters. The van der Waals surface area contributed by atoms with Gasteiger partial charge in [0.15, 0.2) is 0 Å². The predicted molar refractivity (Wildman–Crippen MR) is 136 cm³/mol. The van der Waals surface area contributed by atoms with Gasteiger partial charge in [-0.3, -0.25) is 4.90 Å². The molecular weight excluding hydrogens is 518 g/mol. The zero-order valence-corrected chi connectivity index (χ0v) is 20.2. The van der Waals surface area contributed by atoms with Crippen LogP contribution in [0.5, 0.6) is 11.5 Å². The van der Waals surface area contributed by atoms with Gasteiger partial charge in [-0.1, -0.05) is 48.5 Å². The molecule has 4 aromatic carbocycles. The Labute approximate surface area is 205 Å². The molecule has 4 N–H and O–H groups in total. The summed E-state index contributed by atoms with van der Waals surface area (Å²) in [6.07, 6.45) is 0. The zero-order valence-electron chi connectivity index (χ0n) is 17.8. The minimum atomic E-state index is -4.11. The fourth-order valence-corrected chi connectivity index (χ4v) is 4.75. The third-order valence-corrected chi connectivity index (χ3v) is 6.62. The summed E-state index contributed by atoms with van der Waals surface area (Å²) in [5, 5.41) is 5.54. The zero-order chi connectivity index (χ0) is 24.3. The summed E-state index contributed by atoms with van der Waals surface area (Å²) in [4.78, 5) is 13.8.